The van der Waals surface area contributed by atoms with Crippen LogP contribution in [-0.4, -0.2) is 25.6 Å². The smallest absolute Gasteiger partial charge is 0.194 e. The molecule has 1 rings (SSSR count). The summed E-state index contributed by atoms with van der Waals surface area (Å²) in [7, 11) is 0.169. The third kappa shape index (κ3) is 2.95. The van der Waals surface area contributed by atoms with Crippen LogP contribution in [0.5, 0.6) is 0 Å². The van der Waals surface area contributed by atoms with Gasteiger partial charge in [0.2, 0.25) is 0 Å². The molecule has 0 aromatic heterocycles. The standard InChI is InChI=1S/C13H21NOSi/c1-11(12-9-7-6-8-10-12)14(2)13(15)16(3,4)5/h6-11H,1-5H3. The fourth-order valence-electron chi connectivity index (χ4n) is 1.66. The Morgan fingerprint density at radius 1 is 1.19 bits per heavy atom. The van der Waals surface area contributed by atoms with Crippen LogP contribution in [0.2, 0.25) is 19.6 Å². The predicted octanol–water partition coefficient (Wildman–Crippen LogP) is 3.72. The molecule has 1 amide bonds. The van der Waals surface area contributed by atoms with Crippen molar-refractivity contribution >= 4 is 13.6 Å². The third-order valence-electron chi connectivity index (χ3n) is 2.82. The highest BCUT2D eigenvalue weighted by Crippen LogP contribution is 2.21. The van der Waals surface area contributed by atoms with Crippen LogP contribution in [-0.2, 0) is 0 Å². The fraction of sp³-hybridized carbons (Fsp3) is 0.462. The van der Waals surface area contributed by atoms with E-state index in [0.29, 0.717) is 5.53 Å². The second kappa shape index (κ2) is 4.83. The largest absolute Gasteiger partial charge is 0.344 e. The molecule has 88 valence electrons. The molecule has 16 heavy (non-hydrogen) atoms. The average molecular weight is 235 g/mol. The highest BCUT2D eigenvalue weighted by Gasteiger charge is 2.30. The second-order valence-electron chi connectivity index (χ2n) is 5.25. The Morgan fingerprint density at radius 2 is 1.69 bits per heavy atom. The molecule has 1 unspecified atom stereocenters. The maximum Gasteiger partial charge on any atom is 0.194 e. The van der Waals surface area contributed by atoms with Gasteiger partial charge in [0, 0.05) is 7.05 Å². The predicted molar refractivity (Wildman–Crippen MR) is 71.4 cm³/mol. The van der Waals surface area contributed by atoms with Crippen LogP contribution in [0.1, 0.15) is 18.5 Å². The third-order valence-corrected chi connectivity index (χ3v) is 4.46. The van der Waals surface area contributed by atoms with Crippen molar-refractivity contribution in [2.45, 2.75) is 32.6 Å². The lowest BCUT2D eigenvalue weighted by Gasteiger charge is -2.30. The Hall–Kier alpha value is -1.09. The van der Waals surface area contributed by atoms with Crippen molar-refractivity contribution in [3.05, 3.63) is 35.9 Å². The van der Waals surface area contributed by atoms with Crippen molar-refractivity contribution in [2.75, 3.05) is 7.05 Å². The molecule has 1 aromatic carbocycles. The molecule has 1 atom stereocenters. The van der Waals surface area contributed by atoms with Crippen LogP contribution in [0, 0.1) is 0 Å². The van der Waals surface area contributed by atoms with Gasteiger partial charge in [0.1, 0.15) is 0 Å². The first-order chi connectivity index (χ1) is 7.34. The van der Waals surface area contributed by atoms with Gasteiger partial charge in [-0.15, -0.1) is 0 Å². The number of hydrogen-bond acceptors (Lipinski definition) is 1. The number of amides is 1. The van der Waals surface area contributed by atoms with E-state index in [2.05, 4.69) is 38.7 Å². The van der Waals surface area contributed by atoms with Crippen LogP contribution in [0.3, 0.4) is 0 Å². The fourth-order valence-corrected chi connectivity index (χ4v) is 2.91. The Morgan fingerprint density at radius 3 is 2.12 bits per heavy atom. The van der Waals surface area contributed by atoms with E-state index in [1.807, 2.05) is 30.1 Å². The molecule has 0 fully saturated rings. The summed E-state index contributed by atoms with van der Waals surface area (Å²) in [5, 5.41) is 0. The number of nitrogens with zero attached hydrogens (tertiary/aromatic N) is 1. The summed E-state index contributed by atoms with van der Waals surface area (Å²) >= 11 is 0. The molecule has 0 aliphatic rings. The van der Waals surface area contributed by atoms with Crippen LogP contribution < -0.4 is 0 Å². The van der Waals surface area contributed by atoms with Crippen molar-refractivity contribution < 1.29 is 4.79 Å². The molecular weight excluding hydrogens is 214 g/mol. The van der Waals surface area contributed by atoms with Crippen LogP contribution >= 0.6 is 0 Å². The molecule has 0 aliphatic carbocycles. The SMILES string of the molecule is CC(c1ccccc1)N(C)C(=O)[Si](C)(C)C. The van der Waals surface area contributed by atoms with E-state index in [0.717, 1.165) is 0 Å². The van der Waals surface area contributed by atoms with Crippen LogP contribution in [0.25, 0.3) is 0 Å². The van der Waals surface area contributed by atoms with Crippen molar-refractivity contribution in [1.82, 2.24) is 4.90 Å². The number of rotatable bonds is 3. The van der Waals surface area contributed by atoms with E-state index in [-0.39, 0.29) is 6.04 Å². The molecule has 0 aliphatic heterocycles. The Bertz CT molecular complexity index is 356. The molecule has 0 saturated carbocycles. The quantitative estimate of drug-likeness (QED) is 0.731. The normalized spacial score (nSPS) is 13.3. The molecule has 0 radical (unpaired) electrons. The number of benzene rings is 1. The molecule has 3 heteroatoms. The molecule has 0 heterocycles. The van der Waals surface area contributed by atoms with Gasteiger partial charge in [0.25, 0.3) is 0 Å². The summed E-state index contributed by atoms with van der Waals surface area (Å²) in [6.07, 6.45) is 0. The zero-order valence-corrected chi connectivity index (χ0v) is 11.8. The van der Waals surface area contributed by atoms with Crippen molar-refractivity contribution in [3.8, 4) is 0 Å². The first kappa shape index (κ1) is 13.0. The van der Waals surface area contributed by atoms with Gasteiger partial charge in [-0.3, -0.25) is 4.79 Å². The highest BCUT2D eigenvalue weighted by molar-refractivity contribution is 7.03. The van der Waals surface area contributed by atoms with Crippen LogP contribution in [0.15, 0.2) is 30.3 Å². The Labute approximate surface area is 99.3 Å². The lowest BCUT2D eigenvalue weighted by Crippen LogP contribution is -2.44. The zero-order valence-electron chi connectivity index (χ0n) is 10.8. The van der Waals surface area contributed by atoms with Crippen molar-refractivity contribution in [2.24, 2.45) is 0 Å². The monoisotopic (exact) mass is 235 g/mol. The number of hydrogen-bond donors (Lipinski definition) is 0. The molecule has 0 N–H and O–H groups in total. The van der Waals surface area contributed by atoms with E-state index in [1.54, 1.807) is 0 Å². The van der Waals surface area contributed by atoms with Crippen molar-refractivity contribution in [1.29, 1.82) is 0 Å². The summed E-state index contributed by atoms with van der Waals surface area (Å²) < 4.78 is 0. The maximum absolute atomic E-state index is 12.2. The van der Waals surface area contributed by atoms with Gasteiger partial charge in [0.05, 0.1) is 6.04 Å². The van der Waals surface area contributed by atoms with Gasteiger partial charge in [-0.05, 0) is 12.5 Å². The molecule has 0 saturated heterocycles. The summed E-state index contributed by atoms with van der Waals surface area (Å²) in [4.78, 5) is 14.0. The van der Waals surface area contributed by atoms with Gasteiger partial charge in [-0.1, -0.05) is 50.0 Å². The average Bonchev–Trinajstić information content (AvgIpc) is 2.26. The molecule has 2 nitrogen and oxygen atoms in total. The van der Waals surface area contributed by atoms with Gasteiger partial charge in [-0.25, -0.2) is 0 Å². The summed E-state index contributed by atoms with van der Waals surface area (Å²) in [5.41, 5.74) is 1.50. The first-order valence-corrected chi connectivity index (χ1v) is 9.16. The summed E-state index contributed by atoms with van der Waals surface area (Å²) in [5.74, 6) is 0. The lowest BCUT2D eigenvalue weighted by molar-refractivity contribution is 0.216. The Balaban J connectivity index is 2.83. The van der Waals surface area contributed by atoms with Gasteiger partial charge >= 0.3 is 0 Å². The molecule has 1 aromatic rings. The van der Waals surface area contributed by atoms with E-state index in [9.17, 15) is 4.79 Å². The van der Waals surface area contributed by atoms with E-state index in [4.69, 9.17) is 0 Å². The van der Waals surface area contributed by atoms with Crippen LogP contribution in [0.4, 0.5) is 4.79 Å². The van der Waals surface area contributed by atoms with Gasteiger partial charge in [0.15, 0.2) is 13.6 Å². The first-order valence-electron chi connectivity index (χ1n) is 5.66. The minimum atomic E-state index is -1.73. The van der Waals surface area contributed by atoms with Gasteiger partial charge in [-0.2, -0.15) is 0 Å². The summed E-state index contributed by atoms with van der Waals surface area (Å²) in [6.45, 7) is 8.34. The topological polar surface area (TPSA) is 20.3 Å². The summed E-state index contributed by atoms with van der Waals surface area (Å²) in [6, 6.07) is 10.3. The maximum atomic E-state index is 12.2. The minimum Gasteiger partial charge on any atom is -0.344 e. The molecule has 0 spiro atoms. The number of carbonyl (C=O) groups excluding carboxylic acids is 1. The molecule has 0 bridgehead atoms. The molecular formula is C13H21NOSi. The second-order valence-corrected chi connectivity index (χ2v) is 10.2. The lowest BCUT2D eigenvalue weighted by atomic mass is 10.1. The van der Waals surface area contributed by atoms with Gasteiger partial charge < -0.3 is 4.90 Å². The van der Waals surface area contributed by atoms with Crippen molar-refractivity contribution in [3.63, 3.8) is 0 Å². The Kier molecular flexibility index (Phi) is 3.91. The zero-order chi connectivity index (χ0) is 12.3. The minimum absolute atomic E-state index is 0.153. The van der Waals surface area contributed by atoms with E-state index >= 15 is 0 Å². The van der Waals surface area contributed by atoms with E-state index < -0.39 is 8.07 Å². The van der Waals surface area contributed by atoms with E-state index in [1.165, 1.54) is 5.56 Å². The number of carbonyl (C=O) groups is 1. The highest BCUT2D eigenvalue weighted by atomic mass is 28.3.